The minimum Gasteiger partial charge on any atom is -0.549 e. The minimum atomic E-state index is -1.23. The smallest absolute Gasteiger partial charge is 0.0555 e. The number of carboxylic acid groups (broad SMARTS) is 3. The predicted octanol–water partition coefficient (Wildman–Crippen LogP) is -5.13. The van der Waals surface area contributed by atoms with Gasteiger partial charge in [-0.05, 0) is 13.8 Å². The number of hydrogen-bond acceptors (Lipinski definition) is 10. The zero-order valence-corrected chi connectivity index (χ0v) is 16.1. The molecule has 1 rings (SSSR count). The van der Waals surface area contributed by atoms with Crippen LogP contribution in [0, 0.1) is 0 Å². The monoisotopic (exact) mass is 385 g/mol. The van der Waals surface area contributed by atoms with E-state index in [1.54, 1.807) is 14.7 Å². The first-order valence-electron chi connectivity index (χ1n) is 9.18. The van der Waals surface area contributed by atoms with Crippen LogP contribution < -0.4 is 15.3 Å². The lowest BCUT2D eigenvalue weighted by Crippen LogP contribution is -2.51. The first-order valence-corrected chi connectivity index (χ1v) is 9.18. The van der Waals surface area contributed by atoms with Gasteiger partial charge < -0.3 is 29.7 Å². The summed E-state index contributed by atoms with van der Waals surface area (Å²) >= 11 is 0. The van der Waals surface area contributed by atoms with Crippen molar-refractivity contribution in [3.8, 4) is 0 Å². The van der Waals surface area contributed by atoms with Gasteiger partial charge in [-0.2, -0.15) is 0 Å². The Morgan fingerprint density at radius 3 is 1.11 bits per heavy atom. The lowest BCUT2D eigenvalue weighted by molar-refractivity contribution is -0.308. The summed E-state index contributed by atoms with van der Waals surface area (Å²) in [7, 11) is 0. The van der Waals surface area contributed by atoms with Crippen LogP contribution in [0.25, 0.3) is 0 Å². The molecule has 0 aromatic rings. The van der Waals surface area contributed by atoms with Gasteiger partial charge in [0.05, 0.1) is 17.9 Å². The zero-order valence-electron chi connectivity index (χ0n) is 16.1. The molecule has 1 heterocycles. The van der Waals surface area contributed by atoms with Gasteiger partial charge in [-0.1, -0.05) is 0 Å². The first kappa shape index (κ1) is 23.3. The third-order valence-electron chi connectivity index (χ3n) is 4.66. The third-order valence-corrected chi connectivity index (χ3v) is 4.66. The second-order valence-corrected chi connectivity index (χ2v) is 7.07. The molecule has 0 amide bonds. The van der Waals surface area contributed by atoms with Crippen molar-refractivity contribution in [2.45, 2.75) is 19.9 Å². The summed E-state index contributed by atoms with van der Waals surface area (Å²) in [5.74, 6) is -3.58. The van der Waals surface area contributed by atoms with Gasteiger partial charge in [0.25, 0.3) is 0 Å². The van der Waals surface area contributed by atoms with Crippen LogP contribution in [0.15, 0.2) is 0 Å². The average Bonchev–Trinajstić information content (AvgIpc) is 2.53. The normalized spacial score (nSPS) is 20.1. The molecule has 27 heavy (non-hydrogen) atoms. The molecular weight excluding hydrogens is 356 g/mol. The quantitative estimate of drug-likeness (QED) is 0.419. The molecule has 10 nitrogen and oxygen atoms in total. The van der Waals surface area contributed by atoms with Crippen molar-refractivity contribution in [2.24, 2.45) is 0 Å². The Morgan fingerprint density at radius 2 is 0.889 bits per heavy atom. The highest BCUT2D eigenvalue weighted by molar-refractivity contribution is 5.67. The second-order valence-electron chi connectivity index (χ2n) is 7.07. The highest BCUT2D eigenvalue weighted by atomic mass is 16.4. The zero-order chi connectivity index (χ0) is 20.4. The molecule has 156 valence electrons. The lowest BCUT2D eigenvalue weighted by atomic mass is 10.2. The van der Waals surface area contributed by atoms with Crippen molar-refractivity contribution in [3.05, 3.63) is 0 Å². The van der Waals surface area contributed by atoms with Crippen molar-refractivity contribution < 1.29 is 29.7 Å². The SMILES string of the molecule is CC(C)N1CCN(CC(=O)[O-])CCN(CC(=O)[O-])CCN(CC(=O)[O-])CC1. The summed E-state index contributed by atoms with van der Waals surface area (Å²) in [6.45, 7) is 6.94. The molecule has 0 aromatic carbocycles. The average molecular weight is 385 g/mol. The molecule has 0 N–H and O–H groups in total. The summed E-state index contributed by atoms with van der Waals surface area (Å²) in [6, 6.07) is 0.220. The predicted molar refractivity (Wildman–Crippen MR) is 91.1 cm³/mol. The van der Waals surface area contributed by atoms with E-state index in [-0.39, 0.29) is 25.7 Å². The fraction of sp³-hybridized carbons (Fsp3) is 0.824. The van der Waals surface area contributed by atoms with E-state index < -0.39 is 17.9 Å². The maximum atomic E-state index is 11.0. The molecule has 0 bridgehead atoms. The Labute approximate surface area is 159 Å². The van der Waals surface area contributed by atoms with Gasteiger partial charge in [0.2, 0.25) is 0 Å². The Bertz CT molecular complexity index is 470. The van der Waals surface area contributed by atoms with Crippen LogP contribution in [0.1, 0.15) is 13.8 Å². The van der Waals surface area contributed by atoms with Crippen LogP contribution >= 0.6 is 0 Å². The molecule has 0 saturated carbocycles. The maximum Gasteiger partial charge on any atom is 0.0555 e. The Balaban J connectivity index is 2.88. The molecule has 0 aromatic heterocycles. The fourth-order valence-electron chi connectivity index (χ4n) is 3.09. The van der Waals surface area contributed by atoms with E-state index in [1.807, 2.05) is 13.8 Å². The maximum absolute atomic E-state index is 11.0. The third kappa shape index (κ3) is 10.2. The van der Waals surface area contributed by atoms with Crippen LogP contribution in [0.2, 0.25) is 0 Å². The largest absolute Gasteiger partial charge is 0.549 e. The van der Waals surface area contributed by atoms with Crippen LogP contribution in [0.4, 0.5) is 0 Å². The number of carbonyl (C=O) groups excluding carboxylic acids is 3. The molecule has 0 radical (unpaired) electrons. The number of carbonyl (C=O) groups is 3. The Kier molecular flexibility index (Phi) is 10.2. The Hall–Kier alpha value is -1.75. The number of rotatable bonds is 7. The fourth-order valence-corrected chi connectivity index (χ4v) is 3.09. The lowest BCUT2D eigenvalue weighted by Gasteiger charge is -2.35. The molecule has 1 saturated heterocycles. The summed E-state index contributed by atoms with van der Waals surface area (Å²) in [4.78, 5) is 40.2. The summed E-state index contributed by atoms with van der Waals surface area (Å²) in [5, 5.41) is 33.0. The number of hydrogen-bond donors (Lipinski definition) is 0. The van der Waals surface area contributed by atoms with E-state index in [1.165, 1.54) is 0 Å². The molecule has 0 spiro atoms. The van der Waals surface area contributed by atoms with E-state index in [0.29, 0.717) is 52.4 Å². The molecule has 1 fully saturated rings. The molecule has 1 aliphatic heterocycles. The van der Waals surface area contributed by atoms with E-state index in [2.05, 4.69) is 4.90 Å². The van der Waals surface area contributed by atoms with Crippen molar-refractivity contribution in [3.63, 3.8) is 0 Å². The topological polar surface area (TPSA) is 133 Å². The number of nitrogens with zero attached hydrogens (tertiary/aromatic N) is 4. The standard InChI is InChI=1S/C17H32N4O6/c1-14(2)21-9-7-19(12-16(24)25)5-3-18(11-15(22)23)4-6-20(8-10-21)13-17(26)27/h14H,3-13H2,1-2H3,(H,22,23)(H,24,25)(H,26,27)/p-3. The number of carboxylic acids is 3. The van der Waals surface area contributed by atoms with Gasteiger partial charge in [-0.3, -0.25) is 19.6 Å². The molecular formula is C17H29N4O6-3. The van der Waals surface area contributed by atoms with Crippen molar-refractivity contribution >= 4 is 17.9 Å². The van der Waals surface area contributed by atoms with Gasteiger partial charge in [0, 0.05) is 78.0 Å². The number of aliphatic carboxylic acids is 3. The van der Waals surface area contributed by atoms with Crippen molar-refractivity contribution in [1.82, 2.24) is 19.6 Å². The summed E-state index contributed by atoms with van der Waals surface area (Å²) in [5.41, 5.74) is 0. The minimum absolute atomic E-state index is 0.220. The van der Waals surface area contributed by atoms with Crippen LogP contribution in [-0.2, 0) is 14.4 Å². The van der Waals surface area contributed by atoms with E-state index in [0.717, 1.165) is 0 Å². The van der Waals surface area contributed by atoms with Gasteiger partial charge in [0.15, 0.2) is 0 Å². The second kappa shape index (κ2) is 11.9. The highest BCUT2D eigenvalue weighted by Gasteiger charge is 2.18. The first-order chi connectivity index (χ1) is 12.7. The van der Waals surface area contributed by atoms with E-state index in [4.69, 9.17) is 0 Å². The van der Waals surface area contributed by atoms with Gasteiger partial charge in [-0.25, -0.2) is 0 Å². The summed E-state index contributed by atoms with van der Waals surface area (Å²) in [6.07, 6.45) is 0. The van der Waals surface area contributed by atoms with Crippen LogP contribution in [-0.4, -0.2) is 116 Å². The molecule has 0 unspecified atom stereocenters. The van der Waals surface area contributed by atoms with Gasteiger partial charge in [-0.15, -0.1) is 0 Å². The van der Waals surface area contributed by atoms with Crippen LogP contribution in [0.3, 0.4) is 0 Å². The molecule has 10 heteroatoms. The Morgan fingerprint density at radius 1 is 0.630 bits per heavy atom. The van der Waals surface area contributed by atoms with E-state index in [9.17, 15) is 29.7 Å². The molecule has 0 atom stereocenters. The van der Waals surface area contributed by atoms with Gasteiger partial charge >= 0.3 is 0 Å². The molecule has 1 aliphatic rings. The van der Waals surface area contributed by atoms with Crippen LogP contribution in [0.5, 0.6) is 0 Å². The van der Waals surface area contributed by atoms with E-state index >= 15 is 0 Å². The summed E-state index contributed by atoms with van der Waals surface area (Å²) < 4.78 is 0. The van der Waals surface area contributed by atoms with Crippen molar-refractivity contribution in [2.75, 3.05) is 72.0 Å². The van der Waals surface area contributed by atoms with Gasteiger partial charge in [0.1, 0.15) is 0 Å². The van der Waals surface area contributed by atoms with Crippen molar-refractivity contribution in [1.29, 1.82) is 0 Å². The molecule has 0 aliphatic carbocycles. The highest BCUT2D eigenvalue weighted by Crippen LogP contribution is 2.03.